The molecule has 1 aromatic carbocycles. The maximum atomic E-state index is 12.9. The molecule has 112 valence electrons. The van der Waals surface area contributed by atoms with Crippen molar-refractivity contribution in [1.29, 1.82) is 0 Å². The summed E-state index contributed by atoms with van der Waals surface area (Å²) in [7, 11) is 1.22. The van der Waals surface area contributed by atoms with Crippen LogP contribution in [-0.4, -0.2) is 19.1 Å². The number of hydrogen-bond donors (Lipinski definition) is 1. The largest absolute Gasteiger partial charge is 0.469 e. The Morgan fingerprint density at radius 1 is 1.35 bits per heavy atom. The molecule has 1 N–H and O–H groups in total. The second-order valence-corrected chi connectivity index (χ2v) is 4.81. The average Bonchev–Trinajstić information content (AvgIpc) is 2.37. The highest BCUT2D eigenvalue weighted by Crippen LogP contribution is 2.39. The van der Waals surface area contributed by atoms with Gasteiger partial charge in [0.2, 0.25) is 0 Å². The van der Waals surface area contributed by atoms with E-state index < -0.39 is 29.7 Å². The van der Waals surface area contributed by atoms with Crippen molar-refractivity contribution in [2.45, 2.75) is 26.1 Å². The Labute approximate surface area is 120 Å². The van der Waals surface area contributed by atoms with Gasteiger partial charge in [0.25, 0.3) is 0 Å². The van der Waals surface area contributed by atoms with Crippen molar-refractivity contribution in [2.75, 3.05) is 12.4 Å². The number of ether oxygens (including phenoxy) is 1. The number of methoxy groups -OCH3 is 1. The molecule has 0 fully saturated rings. The van der Waals surface area contributed by atoms with E-state index in [0.717, 1.165) is 6.07 Å². The number of esters is 1. The quantitative estimate of drug-likeness (QED) is 0.855. The van der Waals surface area contributed by atoms with Gasteiger partial charge in [0.15, 0.2) is 0 Å². The summed E-state index contributed by atoms with van der Waals surface area (Å²) < 4.78 is 43.3. The summed E-state index contributed by atoms with van der Waals surface area (Å²) in [5, 5.41) is 2.60. The maximum Gasteiger partial charge on any atom is 0.418 e. The first-order valence-electron chi connectivity index (χ1n) is 5.88. The first-order chi connectivity index (χ1) is 9.18. The molecule has 0 saturated carbocycles. The Kier molecular flexibility index (Phi) is 5.28. The van der Waals surface area contributed by atoms with Gasteiger partial charge in [0, 0.05) is 6.04 Å². The lowest BCUT2D eigenvalue weighted by Gasteiger charge is -2.23. The lowest BCUT2D eigenvalue weighted by molar-refractivity contribution is -0.145. The van der Waals surface area contributed by atoms with E-state index in [4.69, 9.17) is 11.6 Å². The number of alkyl halides is 3. The van der Waals surface area contributed by atoms with Gasteiger partial charge in [-0.3, -0.25) is 4.79 Å². The number of halogens is 4. The van der Waals surface area contributed by atoms with Crippen LogP contribution in [-0.2, 0) is 15.7 Å². The second-order valence-electron chi connectivity index (χ2n) is 4.41. The van der Waals surface area contributed by atoms with Crippen LogP contribution in [0.15, 0.2) is 18.2 Å². The third-order valence-corrected chi connectivity index (χ3v) is 3.33. The first-order valence-corrected chi connectivity index (χ1v) is 6.26. The molecule has 0 amide bonds. The van der Waals surface area contributed by atoms with Crippen LogP contribution in [0.3, 0.4) is 0 Å². The fraction of sp³-hybridized carbons (Fsp3) is 0.462. The molecule has 0 spiro atoms. The lowest BCUT2D eigenvalue weighted by atomic mass is 10.0. The summed E-state index contributed by atoms with van der Waals surface area (Å²) in [5.41, 5.74) is -1.10. The van der Waals surface area contributed by atoms with Gasteiger partial charge in [-0.2, -0.15) is 13.2 Å². The topological polar surface area (TPSA) is 38.3 Å². The van der Waals surface area contributed by atoms with E-state index in [-0.39, 0.29) is 10.7 Å². The van der Waals surface area contributed by atoms with Crippen LogP contribution in [0, 0.1) is 5.92 Å². The summed E-state index contributed by atoms with van der Waals surface area (Å²) in [6.07, 6.45) is -4.53. The van der Waals surface area contributed by atoms with Crippen LogP contribution in [0.25, 0.3) is 0 Å². The van der Waals surface area contributed by atoms with E-state index in [1.807, 2.05) is 0 Å². The Bertz CT molecular complexity index is 491. The van der Waals surface area contributed by atoms with Gasteiger partial charge in [-0.15, -0.1) is 0 Å². The molecule has 0 aliphatic rings. The van der Waals surface area contributed by atoms with Gasteiger partial charge in [0.05, 0.1) is 29.3 Å². The van der Waals surface area contributed by atoms with Crippen molar-refractivity contribution in [2.24, 2.45) is 5.92 Å². The minimum absolute atomic E-state index is 0.0521. The van der Waals surface area contributed by atoms with Gasteiger partial charge < -0.3 is 10.1 Å². The monoisotopic (exact) mass is 309 g/mol. The molecule has 0 radical (unpaired) electrons. The van der Waals surface area contributed by atoms with Gasteiger partial charge in [-0.25, -0.2) is 0 Å². The fourth-order valence-electron chi connectivity index (χ4n) is 1.65. The molecule has 20 heavy (non-hydrogen) atoms. The zero-order valence-electron chi connectivity index (χ0n) is 11.2. The molecule has 0 bridgehead atoms. The molecule has 3 nitrogen and oxygen atoms in total. The molecular weight excluding hydrogens is 295 g/mol. The maximum absolute atomic E-state index is 12.9. The molecule has 0 saturated heterocycles. The van der Waals surface area contributed by atoms with Gasteiger partial charge in [-0.1, -0.05) is 17.7 Å². The van der Waals surface area contributed by atoms with E-state index in [2.05, 4.69) is 10.1 Å². The minimum atomic E-state index is -4.53. The van der Waals surface area contributed by atoms with Crippen molar-refractivity contribution in [1.82, 2.24) is 0 Å². The highest BCUT2D eigenvalue weighted by Gasteiger charge is 2.35. The van der Waals surface area contributed by atoms with E-state index >= 15 is 0 Å². The van der Waals surface area contributed by atoms with Gasteiger partial charge in [-0.05, 0) is 26.0 Å². The summed E-state index contributed by atoms with van der Waals surface area (Å²) in [5.74, 6) is -1.12. The van der Waals surface area contributed by atoms with Crippen LogP contribution >= 0.6 is 11.6 Å². The van der Waals surface area contributed by atoms with Crippen molar-refractivity contribution >= 4 is 23.3 Å². The van der Waals surface area contributed by atoms with Crippen LogP contribution < -0.4 is 5.32 Å². The van der Waals surface area contributed by atoms with Gasteiger partial charge >= 0.3 is 12.1 Å². The van der Waals surface area contributed by atoms with Gasteiger partial charge in [0.1, 0.15) is 0 Å². The molecule has 0 aliphatic heterocycles. The fourth-order valence-corrected chi connectivity index (χ4v) is 1.88. The molecule has 1 rings (SSSR count). The van der Waals surface area contributed by atoms with Crippen molar-refractivity contribution in [3.05, 3.63) is 28.8 Å². The summed E-state index contributed by atoms with van der Waals surface area (Å²) >= 11 is 5.82. The Morgan fingerprint density at radius 3 is 2.45 bits per heavy atom. The van der Waals surface area contributed by atoms with Crippen molar-refractivity contribution in [3.8, 4) is 0 Å². The Balaban J connectivity index is 3.06. The number of anilines is 1. The smallest absolute Gasteiger partial charge is 0.418 e. The van der Waals surface area contributed by atoms with E-state index in [9.17, 15) is 18.0 Å². The number of nitrogens with one attached hydrogen (secondary N) is 1. The van der Waals surface area contributed by atoms with Crippen LogP contribution in [0.1, 0.15) is 19.4 Å². The number of carbonyl (C=O) groups excluding carboxylic acids is 1. The normalized spacial score (nSPS) is 14.6. The molecule has 0 aliphatic carbocycles. The third kappa shape index (κ3) is 3.79. The number of benzene rings is 1. The Hall–Kier alpha value is -1.43. The molecule has 1 aromatic rings. The number of para-hydroxylation sites is 1. The number of rotatable bonds is 4. The second kappa shape index (κ2) is 6.35. The minimum Gasteiger partial charge on any atom is -0.469 e. The highest BCUT2D eigenvalue weighted by molar-refractivity contribution is 6.33. The molecule has 7 heteroatoms. The molecule has 2 atom stereocenters. The summed E-state index contributed by atoms with van der Waals surface area (Å²) in [4.78, 5) is 11.4. The predicted molar refractivity (Wildman–Crippen MR) is 70.7 cm³/mol. The number of carbonyl (C=O) groups is 1. The van der Waals surface area contributed by atoms with Crippen LogP contribution in [0.5, 0.6) is 0 Å². The zero-order chi connectivity index (χ0) is 15.5. The molecule has 0 aromatic heterocycles. The molecule has 0 heterocycles. The molecular formula is C13H15ClF3NO2. The van der Waals surface area contributed by atoms with E-state index in [0.29, 0.717) is 0 Å². The van der Waals surface area contributed by atoms with Crippen molar-refractivity contribution in [3.63, 3.8) is 0 Å². The summed E-state index contributed by atoms with van der Waals surface area (Å²) in [6, 6.07) is 2.95. The van der Waals surface area contributed by atoms with Crippen LogP contribution in [0.2, 0.25) is 5.02 Å². The van der Waals surface area contributed by atoms with Crippen LogP contribution in [0.4, 0.5) is 18.9 Å². The Morgan fingerprint density at radius 2 is 1.95 bits per heavy atom. The summed E-state index contributed by atoms with van der Waals surface area (Å²) in [6.45, 7) is 3.15. The zero-order valence-corrected chi connectivity index (χ0v) is 12.0. The standard InChI is InChI=1S/C13H15ClF3NO2/c1-7(12(19)20-3)8(2)18-11-9(13(15,16)17)5-4-6-10(11)14/h4-8,18H,1-3H3. The predicted octanol–water partition coefficient (Wildman–Crippen LogP) is 3.97. The van der Waals surface area contributed by atoms with Crippen molar-refractivity contribution < 1.29 is 22.7 Å². The number of hydrogen-bond acceptors (Lipinski definition) is 3. The van der Waals surface area contributed by atoms with E-state index in [1.165, 1.54) is 19.2 Å². The van der Waals surface area contributed by atoms with E-state index in [1.54, 1.807) is 13.8 Å². The molecule has 2 unspecified atom stereocenters. The highest BCUT2D eigenvalue weighted by atomic mass is 35.5. The first kappa shape index (κ1) is 16.6. The SMILES string of the molecule is COC(=O)C(C)C(C)Nc1c(Cl)cccc1C(F)(F)F. The lowest BCUT2D eigenvalue weighted by Crippen LogP contribution is -2.31. The average molecular weight is 310 g/mol. The third-order valence-electron chi connectivity index (χ3n) is 3.01.